The molecule has 0 saturated heterocycles. The van der Waals surface area contributed by atoms with Crippen LogP contribution in [0.2, 0.25) is 0 Å². The fourth-order valence-electron chi connectivity index (χ4n) is 2.62. The highest BCUT2D eigenvalue weighted by molar-refractivity contribution is 5.97. The van der Waals surface area contributed by atoms with E-state index < -0.39 is 23.5 Å². The van der Waals surface area contributed by atoms with Gasteiger partial charge in [-0.3, -0.25) is 4.79 Å². The van der Waals surface area contributed by atoms with Crippen LogP contribution in [0.3, 0.4) is 0 Å². The molecular weight excluding hydrogens is 362 g/mol. The second-order valence-corrected chi connectivity index (χ2v) is 6.08. The maximum absolute atomic E-state index is 13.2. The zero-order valence-electron chi connectivity index (χ0n) is 14.5. The Balaban J connectivity index is 1.83. The molecular formula is C19H15F4N3O. The fraction of sp³-hybridized carbons (Fsp3) is 0.211. The molecule has 1 amide bonds. The Morgan fingerprint density at radius 1 is 1.00 bits per heavy atom. The van der Waals surface area contributed by atoms with Gasteiger partial charge in [0.15, 0.2) is 0 Å². The first-order valence-corrected chi connectivity index (χ1v) is 8.04. The lowest BCUT2D eigenvalue weighted by Gasteiger charge is -2.14. The third-order valence-corrected chi connectivity index (χ3v) is 4.15. The van der Waals surface area contributed by atoms with Crippen molar-refractivity contribution < 1.29 is 22.4 Å². The number of alkyl halides is 3. The summed E-state index contributed by atoms with van der Waals surface area (Å²) in [6, 6.07) is 7.03. The Morgan fingerprint density at radius 2 is 1.67 bits per heavy atom. The van der Waals surface area contributed by atoms with Gasteiger partial charge in [0.05, 0.1) is 28.0 Å². The molecule has 1 N–H and O–H groups in total. The Hall–Kier alpha value is -3.03. The Morgan fingerprint density at radius 3 is 2.33 bits per heavy atom. The number of nitrogens with zero attached hydrogens (tertiary/aromatic N) is 2. The van der Waals surface area contributed by atoms with Gasteiger partial charge in [0.1, 0.15) is 5.82 Å². The van der Waals surface area contributed by atoms with E-state index >= 15 is 0 Å². The molecule has 140 valence electrons. The summed E-state index contributed by atoms with van der Waals surface area (Å²) in [5.41, 5.74) is 1.55. The zero-order valence-corrected chi connectivity index (χ0v) is 14.5. The minimum absolute atomic E-state index is 0.218. The van der Waals surface area contributed by atoms with E-state index in [0.717, 1.165) is 23.5 Å². The third-order valence-electron chi connectivity index (χ3n) is 4.15. The molecule has 0 atom stereocenters. The van der Waals surface area contributed by atoms with Gasteiger partial charge < -0.3 is 5.32 Å². The number of hydrogen-bond acceptors (Lipinski definition) is 3. The summed E-state index contributed by atoms with van der Waals surface area (Å²) >= 11 is 0. The molecule has 0 spiro atoms. The maximum atomic E-state index is 13.2. The highest BCUT2D eigenvalue weighted by atomic mass is 19.4. The predicted molar refractivity (Wildman–Crippen MR) is 91.6 cm³/mol. The SMILES string of the molecule is Cc1nc2ccc(C(=O)NCc3ccc(F)cc3C(F)(F)F)cc2nc1C. The highest BCUT2D eigenvalue weighted by Crippen LogP contribution is 2.32. The molecule has 0 radical (unpaired) electrons. The van der Waals surface area contributed by atoms with Crippen LogP contribution in [-0.2, 0) is 12.7 Å². The van der Waals surface area contributed by atoms with Gasteiger partial charge in [-0.25, -0.2) is 14.4 Å². The van der Waals surface area contributed by atoms with Crippen molar-refractivity contribution in [2.24, 2.45) is 0 Å². The number of aromatic nitrogens is 2. The first-order valence-electron chi connectivity index (χ1n) is 8.04. The van der Waals surface area contributed by atoms with Crippen LogP contribution in [0, 0.1) is 19.7 Å². The van der Waals surface area contributed by atoms with Gasteiger partial charge in [-0.1, -0.05) is 6.07 Å². The van der Waals surface area contributed by atoms with Gasteiger partial charge in [0.25, 0.3) is 5.91 Å². The molecule has 0 fully saturated rings. The van der Waals surface area contributed by atoms with Gasteiger partial charge in [0.2, 0.25) is 0 Å². The first-order chi connectivity index (χ1) is 12.6. The van der Waals surface area contributed by atoms with Crippen molar-refractivity contribution in [1.29, 1.82) is 0 Å². The highest BCUT2D eigenvalue weighted by Gasteiger charge is 2.33. The Kier molecular flexibility index (Phi) is 4.82. The number of amides is 1. The van der Waals surface area contributed by atoms with E-state index in [0.29, 0.717) is 17.1 Å². The molecule has 8 heteroatoms. The van der Waals surface area contributed by atoms with Crippen LogP contribution in [0.4, 0.5) is 17.6 Å². The van der Waals surface area contributed by atoms with Crippen LogP contribution >= 0.6 is 0 Å². The van der Waals surface area contributed by atoms with E-state index in [1.807, 2.05) is 6.92 Å². The summed E-state index contributed by atoms with van der Waals surface area (Å²) < 4.78 is 52.2. The molecule has 1 aromatic heterocycles. The van der Waals surface area contributed by atoms with Crippen molar-refractivity contribution in [3.63, 3.8) is 0 Å². The smallest absolute Gasteiger partial charge is 0.348 e. The largest absolute Gasteiger partial charge is 0.416 e. The normalized spacial score (nSPS) is 11.6. The minimum Gasteiger partial charge on any atom is -0.348 e. The predicted octanol–water partition coefficient (Wildman–Crippen LogP) is 4.33. The van der Waals surface area contributed by atoms with Crippen LogP contribution in [0.25, 0.3) is 11.0 Å². The van der Waals surface area contributed by atoms with Crippen LogP contribution in [-0.4, -0.2) is 15.9 Å². The van der Waals surface area contributed by atoms with Crippen LogP contribution in [0.1, 0.15) is 32.9 Å². The minimum atomic E-state index is -4.71. The number of fused-ring (bicyclic) bond motifs is 1. The lowest BCUT2D eigenvalue weighted by atomic mass is 10.1. The molecule has 1 heterocycles. The van der Waals surface area contributed by atoms with Gasteiger partial charge in [-0.15, -0.1) is 0 Å². The van der Waals surface area contributed by atoms with E-state index in [2.05, 4.69) is 15.3 Å². The lowest BCUT2D eigenvalue weighted by molar-refractivity contribution is -0.138. The summed E-state index contributed by atoms with van der Waals surface area (Å²) in [6.45, 7) is 3.23. The number of aryl methyl sites for hydroxylation is 2. The number of benzene rings is 2. The molecule has 3 aromatic rings. The molecule has 0 aliphatic rings. The summed E-state index contributed by atoms with van der Waals surface area (Å²) in [5, 5.41) is 2.43. The standard InChI is InChI=1S/C19H15F4N3O/c1-10-11(2)26-17-7-12(4-6-16(17)25-10)18(27)24-9-13-3-5-14(20)8-15(13)19(21,22)23/h3-8H,9H2,1-2H3,(H,24,27). The molecule has 0 unspecified atom stereocenters. The van der Waals surface area contributed by atoms with Gasteiger partial charge in [0, 0.05) is 12.1 Å². The van der Waals surface area contributed by atoms with Crippen molar-refractivity contribution in [3.8, 4) is 0 Å². The van der Waals surface area contributed by atoms with E-state index in [1.54, 1.807) is 13.0 Å². The number of rotatable bonds is 3. The number of nitrogens with one attached hydrogen (secondary N) is 1. The average molecular weight is 377 g/mol. The molecule has 0 bridgehead atoms. The summed E-state index contributed by atoms with van der Waals surface area (Å²) in [7, 11) is 0. The van der Waals surface area contributed by atoms with Crippen LogP contribution in [0.5, 0.6) is 0 Å². The lowest BCUT2D eigenvalue weighted by Crippen LogP contribution is -2.24. The Bertz CT molecular complexity index is 1030. The second-order valence-electron chi connectivity index (χ2n) is 6.08. The molecule has 3 rings (SSSR count). The van der Waals surface area contributed by atoms with Crippen molar-refractivity contribution in [2.75, 3.05) is 0 Å². The summed E-state index contributed by atoms with van der Waals surface area (Å²) in [6.07, 6.45) is -4.71. The number of carbonyl (C=O) groups is 1. The van der Waals surface area contributed by atoms with E-state index in [1.165, 1.54) is 12.1 Å². The third kappa shape index (κ3) is 4.05. The van der Waals surface area contributed by atoms with Crippen molar-refractivity contribution in [1.82, 2.24) is 15.3 Å². The van der Waals surface area contributed by atoms with E-state index in [9.17, 15) is 22.4 Å². The maximum Gasteiger partial charge on any atom is 0.416 e. The summed E-state index contributed by atoms with van der Waals surface area (Å²) in [5.74, 6) is -1.55. The Labute approximate surface area is 152 Å². The fourth-order valence-corrected chi connectivity index (χ4v) is 2.62. The van der Waals surface area contributed by atoms with Gasteiger partial charge >= 0.3 is 6.18 Å². The topological polar surface area (TPSA) is 54.9 Å². The molecule has 27 heavy (non-hydrogen) atoms. The molecule has 0 aliphatic carbocycles. The molecule has 0 saturated carbocycles. The van der Waals surface area contributed by atoms with E-state index in [4.69, 9.17) is 0 Å². The molecule has 2 aromatic carbocycles. The first kappa shape index (κ1) is 18.8. The molecule has 4 nitrogen and oxygen atoms in total. The average Bonchev–Trinajstić information content (AvgIpc) is 2.60. The number of halogens is 4. The summed E-state index contributed by atoms with van der Waals surface area (Å²) in [4.78, 5) is 21.0. The second kappa shape index (κ2) is 6.94. The zero-order chi connectivity index (χ0) is 19.8. The molecule has 0 aliphatic heterocycles. The number of carbonyl (C=O) groups excluding carboxylic acids is 1. The quantitative estimate of drug-likeness (QED) is 0.691. The monoisotopic (exact) mass is 377 g/mol. The van der Waals surface area contributed by atoms with E-state index in [-0.39, 0.29) is 17.7 Å². The van der Waals surface area contributed by atoms with Crippen molar-refractivity contribution in [2.45, 2.75) is 26.6 Å². The van der Waals surface area contributed by atoms with Crippen LogP contribution < -0.4 is 5.32 Å². The van der Waals surface area contributed by atoms with Gasteiger partial charge in [-0.05, 0) is 49.7 Å². The van der Waals surface area contributed by atoms with Crippen LogP contribution in [0.15, 0.2) is 36.4 Å². The van der Waals surface area contributed by atoms with Crippen molar-refractivity contribution in [3.05, 3.63) is 70.3 Å². The van der Waals surface area contributed by atoms with Gasteiger partial charge in [-0.2, -0.15) is 13.2 Å². The van der Waals surface area contributed by atoms with Crippen molar-refractivity contribution >= 4 is 16.9 Å². The number of hydrogen-bond donors (Lipinski definition) is 1.